The Balaban J connectivity index is 1.55. The van der Waals surface area contributed by atoms with Crippen LogP contribution < -0.4 is 4.74 Å². The molecule has 0 atom stereocenters. The Morgan fingerprint density at radius 3 is 2.62 bits per heavy atom. The number of hydrogen-bond donors (Lipinski definition) is 0. The Hall–Kier alpha value is -2.36. The van der Waals surface area contributed by atoms with E-state index in [1.54, 1.807) is 11.3 Å². The van der Waals surface area contributed by atoms with Gasteiger partial charge < -0.3 is 4.74 Å². The van der Waals surface area contributed by atoms with Crippen LogP contribution in [0.25, 0.3) is 20.5 Å². The molecule has 0 N–H and O–H groups in total. The molecule has 2 aromatic heterocycles. The molecule has 24 heavy (non-hydrogen) atoms. The minimum Gasteiger partial charge on any atom is -0.489 e. The van der Waals surface area contributed by atoms with Crippen molar-refractivity contribution in [3.8, 4) is 16.2 Å². The molecule has 2 nitrogen and oxygen atoms in total. The molecule has 0 aliphatic heterocycles. The third-order valence-corrected chi connectivity index (χ3v) is 5.14. The van der Waals surface area contributed by atoms with Crippen molar-refractivity contribution >= 4 is 33.0 Å². The Bertz CT molecular complexity index is 945. The van der Waals surface area contributed by atoms with Crippen molar-refractivity contribution in [2.75, 3.05) is 0 Å². The van der Waals surface area contributed by atoms with E-state index in [-0.39, 0.29) is 0 Å². The highest BCUT2D eigenvalue weighted by Gasteiger charge is 2.06. The number of nitrogens with zero attached hydrogens (tertiary/aromatic N) is 1. The number of rotatable bonds is 4. The van der Waals surface area contributed by atoms with Crippen LogP contribution in [-0.2, 0) is 6.61 Å². The van der Waals surface area contributed by atoms with Gasteiger partial charge in [0.25, 0.3) is 0 Å². The first-order valence-corrected chi connectivity index (χ1v) is 8.79. The van der Waals surface area contributed by atoms with Crippen molar-refractivity contribution in [2.45, 2.75) is 6.61 Å². The Kier molecular flexibility index (Phi) is 4.20. The first-order valence-electron chi connectivity index (χ1n) is 7.59. The quantitative estimate of drug-likeness (QED) is 0.437. The maximum Gasteiger partial charge on any atom is 0.119 e. The summed E-state index contributed by atoms with van der Waals surface area (Å²) in [5, 5.41) is 1.97. The lowest BCUT2D eigenvalue weighted by Crippen LogP contribution is -1.96. The zero-order chi connectivity index (χ0) is 16.4. The van der Waals surface area contributed by atoms with E-state index in [9.17, 15) is 0 Å². The molecule has 0 bridgehead atoms. The smallest absolute Gasteiger partial charge is 0.119 e. The fourth-order valence-electron chi connectivity index (χ4n) is 2.52. The number of pyridine rings is 1. The summed E-state index contributed by atoms with van der Waals surface area (Å²) in [6.45, 7) is 0.480. The molecule has 4 heteroatoms. The van der Waals surface area contributed by atoms with Crippen molar-refractivity contribution in [1.29, 1.82) is 0 Å². The highest BCUT2D eigenvalue weighted by Crippen LogP contribution is 2.33. The molecule has 118 valence electrons. The molecular formula is C20H14ClNOS. The van der Waals surface area contributed by atoms with Crippen LogP contribution >= 0.6 is 22.9 Å². The average Bonchev–Trinajstić information content (AvgIpc) is 3.06. The molecule has 0 amide bonds. The number of hydrogen-bond acceptors (Lipinski definition) is 3. The molecule has 0 saturated heterocycles. The molecule has 0 fully saturated rings. The van der Waals surface area contributed by atoms with E-state index in [4.69, 9.17) is 16.3 Å². The summed E-state index contributed by atoms with van der Waals surface area (Å²) in [5.41, 5.74) is 2.16. The molecule has 2 aromatic carbocycles. The van der Waals surface area contributed by atoms with Gasteiger partial charge in [0.2, 0.25) is 0 Å². The van der Waals surface area contributed by atoms with Gasteiger partial charge in [0.05, 0.1) is 0 Å². The minimum absolute atomic E-state index is 0.480. The number of halogens is 1. The molecule has 0 unspecified atom stereocenters. The third kappa shape index (κ3) is 3.28. The normalized spacial score (nSPS) is 10.9. The maximum absolute atomic E-state index is 5.89. The number of fused-ring (bicyclic) bond motifs is 1. The highest BCUT2D eigenvalue weighted by molar-refractivity contribution is 7.22. The number of aromatic nitrogens is 1. The zero-order valence-electron chi connectivity index (χ0n) is 12.8. The van der Waals surface area contributed by atoms with Gasteiger partial charge in [-0.3, -0.25) is 4.98 Å². The van der Waals surface area contributed by atoms with Crippen LogP contribution in [0.5, 0.6) is 5.75 Å². The second kappa shape index (κ2) is 6.63. The predicted molar refractivity (Wildman–Crippen MR) is 101 cm³/mol. The first-order chi connectivity index (χ1) is 11.8. The summed E-state index contributed by atoms with van der Waals surface area (Å²) < 4.78 is 7.09. The van der Waals surface area contributed by atoms with E-state index in [1.165, 1.54) is 15.0 Å². The van der Waals surface area contributed by atoms with Gasteiger partial charge in [-0.2, -0.15) is 0 Å². The van der Waals surface area contributed by atoms with Crippen LogP contribution in [0.4, 0.5) is 0 Å². The van der Waals surface area contributed by atoms with E-state index < -0.39 is 0 Å². The second-order valence-corrected chi connectivity index (χ2v) is 6.99. The second-order valence-electron chi connectivity index (χ2n) is 5.47. The van der Waals surface area contributed by atoms with E-state index in [1.807, 2.05) is 36.7 Å². The Morgan fingerprint density at radius 2 is 1.79 bits per heavy atom. The minimum atomic E-state index is 0.480. The van der Waals surface area contributed by atoms with Gasteiger partial charge in [-0.25, -0.2) is 0 Å². The maximum atomic E-state index is 5.89. The number of thiophene rings is 1. The molecule has 0 radical (unpaired) electrons. The van der Waals surface area contributed by atoms with Crippen molar-refractivity contribution in [1.82, 2.24) is 4.98 Å². The zero-order valence-corrected chi connectivity index (χ0v) is 14.3. The monoisotopic (exact) mass is 351 g/mol. The Labute approximate surface area is 149 Å². The van der Waals surface area contributed by atoms with Crippen LogP contribution in [-0.4, -0.2) is 4.98 Å². The molecule has 0 aliphatic carbocycles. The van der Waals surface area contributed by atoms with Gasteiger partial charge in [0, 0.05) is 38.1 Å². The Morgan fingerprint density at radius 1 is 0.958 bits per heavy atom. The molecule has 4 aromatic rings. The third-order valence-electron chi connectivity index (χ3n) is 3.72. The summed E-state index contributed by atoms with van der Waals surface area (Å²) in [6, 6.07) is 20.1. The lowest BCUT2D eigenvalue weighted by Gasteiger charge is -2.07. The van der Waals surface area contributed by atoms with Crippen LogP contribution in [0.15, 0.2) is 73.1 Å². The van der Waals surface area contributed by atoms with Gasteiger partial charge in [0.1, 0.15) is 12.4 Å². The highest BCUT2D eigenvalue weighted by atomic mass is 35.5. The van der Waals surface area contributed by atoms with Crippen LogP contribution in [0.2, 0.25) is 5.02 Å². The fourth-order valence-corrected chi connectivity index (χ4v) is 3.69. The summed E-state index contributed by atoms with van der Waals surface area (Å²) >= 11 is 7.67. The average molecular weight is 352 g/mol. The molecule has 0 spiro atoms. The topological polar surface area (TPSA) is 22.1 Å². The van der Waals surface area contributed by atoms with Crippen LogP contribution in [0.1, 0.15) is 5.56 Å². The summed E-state index contributed by atoms with van der Waals surface area (Å²) in [7, 11) is 0. The van der Waals surface area contributed by atoms with Gasteiger partial charge >= 0.3 is 0 Å². The largest absolute Gasteiger partial charge is 0.489 e. The fraction of sp³-hybridized carbons (Fsp3) is 0.0500. The number of benzene rings is 2. The first kappa shape index (κ1) is 15.2. The van der Waals surface area contributed by atoms with Gasteiger partial charge in [-0.15, -0.1) is 11.3 Å². The molecule has 0 aliphatic rings. The van der Waals surface area contributed by atoms with Crippen LogP contribution in [0, 0.1) is 0 Å². The van der Waals surface area contributed by atoms with Crippen molar-refractivity contribution < 1.29 is 4.74 Å². The molecule has 4 rings (SSSR count). The molecule has 0 saturated carbocycles. The molecule has 2 heterocycles. The lowest BCUT2D eigenvalue weighted by atomic mass is 10.1. The summed E-state index contributed by atoms with van der Waals surface area (Å²) in [4.78, 5) is 5.58. The van der Waals surface area contributed by atoms with Gasteiger partial charge in [-0.05, 0) is 47.9 Å². The van der Waals surface area contributed by atoms with Crippen molar-refractivity contribution in [3.63, 3.8) is 0 Å². The van der Waals surface area contributed by atoms with E-state index in [0.29, 0.717) is 11.6 Å². The SMILES string of the molecule is Clc1ccc(OCc2cncc(-c3cc4ccccc4s3)c2)cc1. The summed E-state index contributed by atoms with van der Waals surface area (Å²) in [6.07, 6.45) is 3.74. The van der Waals surface area contributed by atoms with E-state index >= 15 is 0 Å². The lowest BCUT2D eigenvalue weighted by molar-refractivity contribution is 0.306. The van der Waals surface area contributed by atoms with Gasteiger partial charge in [0.15, 0.2) is 0 Å². The van der Waals surface area contributed by atoms with E-state index in [0.717, 1.165) is 16.9 Å². The van der Waals surface area contributed by atoms with Crippen molar-refractivity contribution in [3.05, 3.63) is 83.6 Å². The molecular weight excluding hydrogens is 338 g/mol. The summed E-state index contributed by atoms with van der Waals surface area (Å²) in [5.74, 6) is 0.798. The van der Waals surface area contributed by atoms with Gasteiger partial charge in [-0.1, -0.05) is 29.8 Å². The number of ether oxygens (including phenoxy) is 1. The predicted octanol–water partition coefficient (Wildman–Crippen LogP) is 6.20. The standard InChI is InChI=1S/C20H14ClNOS/c21-17-5-7-18(8-6-17)23-13-14-9-16(12-22-11-14)20-10-15-3-1-2-4-19(15)24-20/h1-12H,13H2. The van der Waals surface area contributed by atoms with Crippen molar-refractivity contribution in [2.24, 2.45) is 0 Å². The van der Waals surface area contributed by atoms with E-state index in [2.05, 4.69) is 41.4 Å². The van der Waals surface area contributed by atoms with Crippen LogP contribution in [0.3, 0.4) is 0 Å².